The van der Waals surface area contributed by atoms with Gasteiger partial charge in [-0.15, -0.1) is 0 Å². The van der Waals surface area contributed by atoms with Crippen LogP contribution in [0, 0.1) is 34.0 Å². The number of hydrogen-bond acceptors (Lipinski definition) is 6. The molecule has 1 N–H and O–H groups in total. The Morgan fingerprint density at radius 2 is 2.21 bits per heavy atom. The third-order valence-electron chi connectivity index (χ3n) is 2.67. The van der Waals surface area contributed by atoms with Crippen molar-refractivity contribution in [1.82, 2.24) is 9.55 Å². The summed E-state index contributed by atoms with van der Waals surface area (Å²) in [5.41, 5.74) is -0.118. The molecule has 6 nitrogen and oxygen atoms in total. The molecule has 0 aromatic carbocycles. The molecule has 0 amide bonds. The number of fused-ring (bicyclic) bond motifs is 1. The molecule has 1 aromatic heterocycles. The molecule has 1 aromatic rings. The van der Waals surface area contributed by atoms with E-state index in [4.69, 9.17) is 15.9 Å². The summed E-state index contributed by atoms with van der Waals surface area (Å²) in [4.78, 5) is 16.5. The number of nitrogens with one attached hydrogen (secondary N) is 1. The molecule has 0 fully saturated rings. The molecule has 2 rings (SSSR count). The van der Waals surface area contributed by atoms with Crippen LogP contribution >= 0.6 is 11.8 Å². The highest BCUT2D eigenvalue weighted by Crippen LogP contribution is 2.29. The number of nitrogens with zero attached hydrogens (tertiary/aromatic N) is 4. The molecule has 0 radical (unpaired) electrons. The van der Waals surface area contributed by atoms with Crippen LogP contribution < -0.4 is 5.56 Å². The monoisotopic (exact) mass is 273 g/mol. The first-order valence-corrected chi connectivity index (χ1v) is 6.58. The highest BCUT2D eigenvalue weighted by atomic mass is 32.2. The van der Waals surface area contributed by atoms with Gasteiger partial charge < -0.3 is 0 Å². The van der Waals surface area contributed by atoms with Crippen LogP contribution in [0.5, 0.6) is 0 Å². The summed E-state index contributed by atoms with van der Waals surface area (Å²) in [6.45, 7) is 3.95. The van der Waals surface area contributed by atoms with Crippen LogP contribution in [0.3, 0.4) is 0 Å². The van der Waals surface area contributed by atoms with E-state index in [9.17, 15) is 4.79 Å². The molecular formula is C12H11N5OS. The van der Waals surface area contributed by atoms with Crippen molar-refractivity contribution < 1.29 is 0 Å². The standard InChI is InChI=1S/C12H11N5OS/c1-6(2)3-8-7(4-13)11(18)17-10(15)9(5-14)19-12(17)16-8/h6,9,15H,3H2,1-2H3. The predicted molar refractivity (Wildman–Crippen MR) is 70.1 cm³/mol. The molecule has 0 saturated heterocycles. The van der Waals surface area contributed by atoms with Crippen molar-refractivity contribution in [2.45, 2.75) is 30.7 Å². The molecule has 7 heteroatoms. The fourth-order valence-electron chi connectivity index (χ4n) is 1.85. The van der Waals surface area contributed by atoms with E-state index < -0.39 is 10.8 Å². The second-order valence-corrected chi connectivity index (χ2v) is 5.65. The second-order valence-electron chi connectivity index (χ2n) is 4.58. The number of hydrogen-bond donors (Lipinski definition) is 1. The first kappa shape index (κ1) is 13.3. The summed E-state index contributed by atoms with van der Waals surface area (Å²) >= 11 is 1.08. The highest BCUT2D eigenvalue weighted by molar-refractivity contribution is 8.01. The van der Waals surface area contributed by atoms with Crippen LogP contribution in [-0.2, 0) is 6.42 Å². The van der Waals surface area contributed by atoms with Crippen molar-refractivity contribution >= 4 is 17.6 Å². The van der Waals surface area contributed by atoms with E-state index in [0.717, 1.165) is 16.3 Å². The Morgan fingerprint density at radius 1 is 1.53 bits per heavy atom. The van der Waals surface area contributed by atoms with E-state index in [-0.39, 0.29) is 17.3 Å². The molecule has 1 unspecified atom stereocenters. The first-order chi connectivity index (χ1) is 8.99. The van der Waals surface area contributed by atoms with Crippen LogP contribution in [0.15, 0.2) is 9.95 Å². The van der Waals surface area contributed by atoms with Gasteiger partial charge in [0.2, 0.25) is 0 Å². The minimum Gasteiger partial charge on any atom is -0.286 e. The van der Waals surface area contributed by atoms with Crippen molar-refractivity contribution in [3.05, 3.63) is 21.6 Å². The van der Waals surface area contributed by atoms with Gasteiger partial charge in [-0.2, -0.15) is 10.5 Å². The molecule has 1 aliphatic heterocycles. The van der Waals surface area contributed by atoms with Gasteiger partial charge in [-0.3, -0.25) is 10.2 Å². The maximum Gasteiger partial charge on any atom is 0.277 e. The third-order valence-corrected chi connectivity index (χ3v) is 3.72. The lowest BCUT2D eigenvalue weighted by atomic mass is 10.0. The summed E-state index contributed by atoms with van der Waals surface area (Å²) in [6.07, 6.45) is 0.525. The van der Waals surface area contributed by atoms with Crippen LogP contribution in [0.25, 0.3) is 0 Å². The Bertz CT molecular complexity index is 692. The van der Waals surface area contributed by atoms with Crippen molar-refractivity contribution in [3.63, 3.8) is 0 Å². The Hall–Kier alpha value is -2.12. The highest BCUT2D eigenvalue weighted by Gasteiger charge is 2.32. The van der Waals surface area contributed by atoms with Crippen LogP contribution in [0.1, 0.15) is 25.1 Å². The van der Waals surface area contributed by atoms with Gasteiger partial charge in [0, 0.05) is 0 Å². The molecule has 0 bridgehead atoms. The van der Waals surface area contributed by atoms with Gasteiger partial charge in [0.05, 0.1) is 11.8 Å². The van der Waals surface area contributed by atoms with Crippen molar-refractivity contribution in [1.29, 1.82) is 15.9 Å². The summed E-state index contributed by atoms with van der Waals surface area (Å²) in [5, 5.41) is 25.4. The van der Waals surface area contributed by atoms with Gasteiger partial charge in [0.25, 0.3) is 5.56 Å². The molecule has 0 saturated carbocycles. The van der Waals surface area contributed by atoms with Gasteiger partial charge in [-0.05, 0) is 12.3 Å². The minimum atomic E-state index is -0.735. The fraction of sp³-hybridized carbons (Fsp3) is 0.417. The van der Waals surface area contributed by atoms with E-state index in [0.29, 0.717) is 17.3 Å². The zero-order valence-electron chi connectivity index (χ0n) is 10.5. The van der Waals surface area contributed by atoms with E-state index >= 15 is 0 Å². The van der Waals surface area contributed by atoms with Crippen LogP contribution in [-0.4, -0.2) is 20.6 Å². The summed E-state index contributed by atoms with van der Waals surface area (Å²) in [6, 6.07) is 3.81. The van der Waals surface area contributed by atoms with Crippen molar-refractivity contribution in [3.8, 4) is 12.1 Å². The van der Waals surface area contributed by atoms with E-state index in [1.807, 2.05) is 26.0 Å². The largest absolute Gasteiger partial charge is 0.286 e. The molecule has 0 aliphatic carbocycles. The molecule has 0 spiro atoms. The molecular weight excluding hydrogens is 262 g/mol. The topological polar surface area (TPSA) is 106 Å². The summed E-state index contributed by atoms with van der Waals surface area (Å²) in [7, 11) is 0. The minimum absolute atomic E-state index is 0.0265. The summed E-state index contributed by atoms with van der Waals surface area (Å²) in [5.74, 6) is 0.146. The zero-order valence-corrected chi connectivity index (χ0v) is 11.3. The van der Waals surface area contributed by atoms with Gasteiger partial charge in [-0.25, -0.2) is 9.55 Å². The average molecular weight is 273 g/mol. The lowest BCUT2D eigenvalue weighted by Gasteiger charge is -2.08. The van der Waals surface area contributed by atoms with Crippen LogP contribution in [0.2, 0.25) is 0 Å². The lowest BCUT2D eigenvalue weighted by molar-refractivity contribution is 0.620. The predicted octanol–water partition coefficient (Wildman–Crippen LogP) is 1.14. The second kappa shape index (κ2) is 4.87. The maximum absolute atomic E-state index is 12.2. The number of nitriles is 2. The SMILES string of the molecule is CC(C)Cc1nc2n(c(=O)c1C#N)C(=N)C(C#N)S2. The van der Waals surface area contributed by atoms with Gasteiger partial charge in [0.1, 0.15) is 17.5 Å². The first-order valence-electron chi connectivity index (χ1n) is 5.70. The molecule has 2 heterocycles. The Balaban J connectivity index is 2.65. The molecule has 96 valence electrons. The average Bonchev–Trinajstić information content (AvgIpc) is 2.65. The Morgan fingerprint density at radius 3 is 2.74 bits per heavy atom. The van der Waals surface area contributed by atoms with Gasteiger partial charge >= 0.3 is 0 Å². The zero-order chi connectivity index (χ0) is 14.2. The van der Waals surface area contributed by atoms with Crippen molar-refractivity contribution in [2.75, 3.05) is 0 Å². The van der Waals surface area contributed by atoms with Gasteiger partial charge in [0.15, 0.2) is 10.4 Å². The normalized spacial score (nSPS) is 17.1. The van der Waals surface area contributed by atoms with E-state index in [1.165, 1.54) is 0 Å². The molecule has 19 heavy (non-hydrogen) atoms. The van der Waals surface area contributed by atoms with E-state index in [1.54, 1.807) is 0 Å². The fourth-order valence-corrected chi connectivity index (χ4v) is 2.78. The molecule has 1 aliphatic rings. The number of thioether (sulfide) groups is 1. The number of aromatic nitrogens is 2. The molecule has 1 atom stereocenters. The van der Waals surface area contributed by atoms with E-state index in [2.05, 4.69) is 4.98 Å². The lowest BCUT2D eigenvalue weighted by Crippen LogP contribution is -2.31. The summed E-state index contributed by atoms with van der Waals surface area (Å²) < 4.78 is 1.06. The third kappa shape index (κ3) is 2.13. The van der Waals surface area contributed by atoms with Gasteiger partial charge in [-0.1, -0.05) is 25.6 Å². The quantitative estimate of drug-likeness (QED) is 0.813. The smallest absolute Gasteiger partial charge is 0.277 e. The maximum atomic E-state index is 12.2. The van der Waals surface area contributed by atoms with Crippen molar-refractivity contribution in [2.24, 2.45) is 5.92 Å². The van der Waals surface area contributed by atoms with Crippen LogP contribution in [0.4, 0.5) is 0 Å². The Kier molecular flexibility index (Phi) is 3.41. The Labute approximate surface area is 114 Å². The number of rotatable bonds is 2.